The third-order valence-corrected chi connectivity index (χ3v) is 7.06. The van der Waals surface area contributed by atoms with Gasteiger partial charge in [0.2, 0.25) is 5.91 Å². The van der Waals surface area contributed by atoms with Gasteiger partial charge in [-0.2, -0.15) is 0 Å². The van der Waals surface area contributed by atoms with Crippen LogP contribution in [0.5, 0.6) is 17.2 Å². The number of nitrogens with zero attached hydrogens (tertiary/aromatic N) is 2. The summed E-state index contributed by atoms with van der Waals surface area (Å²) < 4.78 is 16.4. The summed E-state index contributed by atoms with van der Waals surface area (Å²) in [5.74, 6) is 1.66. The van der Waals surface area contributed by atoms with Crippen LogP contribution in [0.4, 0.5) is 0 Å². The van der Waals surface area contributed by atoms with Crippen molar-refractivity contribution in [1.82, 2.24) is 9.80 Å². The molecule has 0 radical (unpaired) electrons. The second-order valence-electron chi connectivity index (χ2n) is 8.70. The molecule has 0 N–H and O–H groups in total. The lowest BCUT2D eigenvalue weighted by molar-refractivity contribution is -0.142. The Morgan fingerprint density at radius 3 is 2.30 bits per heavy atom. The minimum absolute atomic E-state index is 0.0151. The second-order valence-corrected chi connectivity index (χ2v) is 9.70. The fourth-order valence-electron chi connectivity index (χ4n) is 3.91. The highest BCUT2D eigenvalue weighted by atomic mass is 32.1. The van der Waals surface area contributed by atoms with Crippen LogP contribution in [-0.2, 0) is 22.6 Å². The van der Waals surface area contributed by atoms with Crippen LogP contribution in [0, 0.1) is 6.92 Å². The standard InChI is InChI=1S/C29H36N2O5S/c1-5-15-30(29(33)21-36-24-9-7-6-8-10-24)20-28(32)31(19-27-22(2)14-17-37-27)16-13-23-11-12-25(34-3)26(18-23)35-4/h6-12,14,17-18H,5,13,15-16,19-21H2,1-4H3. The van der Waals surface area contributed by atoms with E-state index in [0.717, 1.165) is 22.4 Å². The lowest BCUT2D eigenvalue weighted by Gasteiger charge is -2.28. The van der Waals surface area contributed by atoms with Crippen molar-refractivity contribution in [3.8, 4) is 17.2 Å². The van der Waals surface area contributed by atoms with Gasteiger partial charge in [0.1, 0.15) is 5.75 Å². The van der Waals surface area contributed by atoms with Crippen molar-refractivity contribution in [2.24, 2.45) is 0 Å². The Morgan fingerprint density at radius 1 is 0.892 bits per heavy atom. The fraction of sp³-hybridized carbons (Fsp3) is 0.379. The topological polar surface area (TPSA) is 68.3 Å². The first-order valence-corrected chi connectivity index (χ1v) is 13.3. The van der Waals surface area contributed by atoms with Crippen LogP contribution in [-0.4, -0.2) is 62.1 Å². The highest BCUT2D eigenvalue weighted by Crippen LogP contribution is 2.28. The van der Waals surface area contributed by atoms with Gasteiger partial charge in [0.25, 0.3) is 5.91 Å². The number of benzene rings is 2. The summed E-state index contributed by atoms with van der Waals surface area (Å²) in [7, 11) is 3.22. The largest absolute Gasteiger partial charge is 0.493 e. The molecule has 0 aliphatic carbocycles. The number of para-hydroxylation sites is 1. The van der Waals surface area contributed by atoms with E-state index in [9.17, 15) is 9.59 Å². The van der Waals surface area contributed by atoms with Crippen molar-refractivity contribution in [3.05, 3.63) is 76.0 Å². The Morgan fingerprint density at radius 2 is 1.65 bits per heavy atom. The molecule has 0 spiro atoms. The molecule has 0 fully saturated rings. The van der Waals surface area contributed by atoms with Crippen molar-refractivity contribution in [1.29, 1.82) is 0 Å². The highest BCUT2D eigenvalue weighted by Gasteiger charge is 2.22. The lowest BCUT2D eigenvalue weighted by atomic mass is 10.1. The molecule has 3 rings (SSSR count). The van der Waals surface area contributed by atoms with Gasteiger partial charge in [-0.05, 0) is 66.6 Å². The number of carbonyl (C=O) groups is 2. The number of carbonyl (C=O) groups excluding carboxylic acids is 2. The zero-order valence-corrected chi connectivity index (χ0v) is 22.9. The third kappa shape index (κ3) is 8.25. The van der Waals surface area contributed by atoms with Gasteiger partial charge in [-0.1, -0.05) is 31.2 Å². The number of thiophene rings is 1. The molecule has 0 aliphatic rings. The van der Waals surface area contributed by atoms with E-state index in [1.54, 1.807) is 30.5 Å². The molecule has 2 amide bonds. The Hall–Kier alpha value is -3.52. The maximum atomic E-state index is 13.5. The van der Waals surface area contributed by atoms with Crippen LogP contribution < -0.4 is 14.2 Å². The molecule has 8 heteroatoms. The number of rotatable bonds is 14. The monoisotopic (exact) mass is 524 g/mol. The van der Waals surface area contributed by atoms with Gasteiger partial charge in [0.15, 0.2) is 18.1 Å². The average molecular weight is 525 g/mol. The molecule has 1 aromatic heterocycles. The molecular weight excluding hydrogens is 488 g/mol. The molecule has 0 saturated carbocycles. The Kier molecular flexibility index (Phi) is 10.8. The van der Waals surface area contributed by atoms with Gasteiger partial charge in [-0.15, -0.1) is 11.3 Å². The van der Waals surface area contributed by atoms with Crippen molar-refractivity contribution in [2.45, 2.75) is 33.2 Å². The minimum Gasteiger partial charge on any atom is -0.493 e. The number of aryl methyl sites for hydroxylation is 1. The van der Waals surface area contributed by atoms with Crippen molar-refractivity contribution in [3.63, 3.8) is 0 Å². The van der Waals surface area contributed by atoms with Gasteiger partial charge >= 0.3 is 0 Å². The molecule has 37 heavy (non-hydrogen) atoms. The summed E-state index contributed by atoms with van der Waals surface area (Å²) in [6.45, 7) is 5.46. The van der Waals surface area contributed by atoms with Crippen molar-refractivity contribution < 1.29 is 23.8 Å². The summed E-state index contributed by atoms with van der Waals surface area (Å²) in [5, 5.41) is 2.04. The van der Waals surface area contributed by atoms with Crippen LogP contribution in [0.1, 0.15) is 29.3 Å². The third-order valence-electron chi connectivity index (χ3n) is 6.05. The zero-order chi connectivity index (χ0) is 26.6. The number of amides is 2. The Labute approximate surface area is 223 Å². The predicted octanol–water partition coefficient (Wildman–Crippen LogP) is 4.96. The number of methoxy groups -OCH3 is 2. The van der Waals surface area contributed by atoms with Gasteiger partial charge in [-0.25, -0.2) is 0 Å². The maximum Gasteiger partial charge on any atom is 0.260 e. The Balaban J connectivity index is 1.70. The van der Waals surface area contributed by atoms with Crippen LogP contribution in [0.25, 0.3) is 0 Å². The fourth-order valence-corrected chi connectivity index (χ4v) is 4.83. The molecule has 3 aromatic rings. The van der Waals surface area contributed by atoms with E-state index >= 15 is 0 Å². The number of hydrogen-bond donors (Lipinski definition) is 0. The molecule has 0 aliphatic heterocycles. The lowest BCUT2D eigenvalue weighted by Crippen LogP contribution is -2.45. The molecule has 7 nitrogen and oxygen atoms in total. The van der Waals surface area contributed by atoms with Crippen LogP contribution >= 0.6 is 11.3 Å². The van der Waals surface area contributed by atoms with Crippen molar-refractivity contribution >= 4 is 23.2 Å². The molecule has 0 bridgehead atoms. The van der Waals surface area contributed by atoms with E-state index in [0.29, 0.717) is 43.3 Å². The highest BCUT2D eigenvalue weighted by molar-refractivity contribution is 7.10. The number of hydrogen-bond acceptors (Lipinski definition) is 6. The predicted molar refractivity (Wildman–Crippen MR) is 147 cm³/mol. The van der Waals surface area contributed by atoms with Gasteiger partial charge < -0.3 is 24.0 Å². The van der Waals surface area contributed by atoms with Gasteiger partial charge in [-0.3, -0.25) is 9.59 Å². The quantitative estimate of drug-likeness (QED) is 0.298. The second kappa shape index (κ2) is 14.3. The van der Waals surface area contributed by atoms with E-state index in [1.807, 2.05) is 65.7 Å². The maximum absolute atomic E-state index is 13.5. The molecule has 0 saturated heterocycles. The van der Waals surface area contributed by atoms with Crippen LogP contribution in [0.2, 0.25) is 0 Å². The van der Waals surface area contributed by atoms with Gasteiger partial charge in [0.05, 0.1) is 27.3 Å². The SMILES string of the molecule is CCCN(CC(=O)N(CCc1ccc(OC)c(OC)c1)Cc1sccc1C)C(=O)COc1ccccc1. The summed E-state index contributed by atoms with van der Waals surface area (Å²) in [5.41, 5.74) is 2.20. The first-order chi connectivity index (χ1) is 17.9. The van der Waals surface area contributed by atoms with E-state index in [-0.39, 0.29) is 25.0 Å². The van der Waals surface area contributed by atoms with E-state index in [4.69, 9.17) is 14.2 Å². The molecule has 2 aromatic carbocycles. The summed E-state index contributed by atoms with van der Waals surface area (Å²) in [6, 6.07) is 17.1. The molecular formula is C29H36N2O5S. The van der Waals surface area contributed by atoms with Crippen LogP contribution in [0.15, 0.2) is 60.0 Å². The zero-order valence-electron chi connectivity index (χ0n) is 22.1. The molecule has 0 atom stereocenters. The minimum atomic E-state index is -0.203. The normalized spacial score (nSPS) is 10.6. The van der Waals surface area contributed by atoms with Crippen molar-refractivity contribution in [2.75, 3.05) is 40.5 Å². The summed E-state index contributed by atoms with van der Waals surface area (Å²) in [4.78, 5) is 31.1. The van der Waals surface area contributed by atoms with E-state index in [2.05, 4.69) is 13.0 Å². The first-order valence-electron chi connectivity index (χ1n) is 12.4. The average Bonchev–Trinajstić information content (AvgIpc) is 3.33. The molecule has 0 unspecified atom stereocenters. The van der Waals surface area contributed by atoms with Gasteiger partial charge in [0, 0.05) is 18.0 Å². The number of ether oxygens (including phenoxy) is 3. The van der Waals surface area contributed by atoms with E-state index in [1.165, 1.54) is 0 Å². The van der Waals surface area contributed by atoms with Crippen LogP contribution in [0.3, 0.4) is 0 Å². The first kappa shape index (κ1) is 28.1. The molecule has 198 valence electrons. The molecule has 1 heterocycles. The summed E-state index contributed by atoms with van der Waals surface area (Å²) >= 11 is 1.64. The van der Waals surface area contributed by atoms with E-state index < -0.39 is 0 Å². The summed E-state index contributed by atoms with van der Waals surface area (Å²) in [6.07, 6.45) is 1.40. The smallest absolute Gasteiger partial charge is 0.260 e. The Bertz CT molecular complexity index is 1150.